The van der Waals surface area contributed by atoms with E-state index in [1.807, 2.05) is 12.3 Å². The highest BCUT2D eigenvalue weighted by atomic mass is 32.1. The first-order valence-electron chi connectivity index (χ1n) is 7.64. The molecule has 0 saturated carbocycles. The lowest BCUT2D eigenvalue weighted by Crippen LogP contribution is -1.78. The third kappa shape index (κ3) is 2.13. The highest BCUT2D eigenvalue weighted by Crippen LogP contribution is 2.38. The molecule has 0 saturated heterocycles. The van der Waals surface area contributed by atoms with Crippen LogP contribution in [0.3, 0.4) is 0 Å². The maximum atomic E-state index is 4.94. The zero-order valence-corrected chi connectivity index (χ0v) is 14.2. The largest absolute Gasteiger partial charge is 0.360 e. The van der Waals surface area contributed by atoms with Crippen molar-refractivity contribution in [2.45, 2.75) is 0 Å². The molecule has 0 unspecified atom stereocenters. The van der Waals surface area contributed by atoms with Gasteiger partial charge in [0.1, 0.15) is 11.5 Å². The van der Waals surface area contributed by atoms with Gasteiger partial charge < -0.3 is 9.97 Å². The van der Waals surface area contributed by atoms with Gasteiger partial charge in [-0.1, -0.05) is 30.3 Å². The highest BCUT2D eigenvalue weighted by Gasteiger charge is 2.18. The number of benzene rings is 1. The van der Waals surface area contributed by atoms with Crippen molar-refractivity contribution in [1.82, 2.24) is 15.0 Å². The number of aromatic amines is 2. The summed E-state index contributed by atoms with van der Waals surface area (Å²) in [7, 11) is 0. The van der Waals surface area contributed by atoms with Crippen LogP contribution in [0.4, 0.5) is 0 Å². The zero-order valence-electron chi connectivity index (χ0n) is 12.6. The molecular formula is C19H13N3S2. The predicted molar refractivity (Wildman–Crippen MR) is 103 cm³/mol. The highest BCUT2D eigenvalue weighted by molar-refractivity contribution is 7.14. The molecule has 4 aromatic heterocycles. The Morgan fingerprint density at radius 1 is 0.833 bits per heavy atom. The number of nitrogens with one attached hydrogen (secondary N) is 2. The van der Waals surface area contributed by atoms with Gasteiger partial charge in [-0.05, 0) is 29.0 Å². The number of nitrogens with zero attached hydrogens (tertiary/aromatic N) is 1. The number of fused-ring (bicyclic) bond motifs is 1. The first-order valence-corrected chi connectivity index (χ1v) is 9.40. The summed E-state index contributed by atoms with van der Waals surface area (Å²) >= 11 is 3.44. The van der Waals surface area contributed by atoms with E-state index in [1.54, 1.807) is 22.7 Å². The monoisotopic (exact) mass is 347 g/mol. The molecule has 0 fully saturated rings. The lowest BCUT2D eigenvalue weighted by atomic mass is 10.2. The summed E-state index contributed by atoms with van der Waals surface area (Å²) in [6.45, 7) is 0. The Morgan fingerprint density at radius 2 is 1.62 bits per heavy atom. The summed E-state index contributed by atoms with van der Waals surface area (Å²) in [5, 5.41) is 5.37. The normalized spacial score (nSPS) is 11.3. The van der Waals surface area contributed by atoms with Crippen molar-refractivity contribution in [3.8, 4) is 32.5 Å². The van der Waals surface area contributed by atoms with Crippen LogP contribution in [0.25, 0.3) is 43.4 Å². The summed E-state index contributed by atoms with van der Waals surface area (Å²) in [5.41, 5.74) is 4.34. The molecule has 24 heavy (non-hydrogen) atoms. The number of aromatic nitrogens is 3. The molecule has 1 aromatic carbocycles. The molecule has 5 heteroatoms. The van der Waals surface area contributed by atoms with E-state index in [2.05, 4.69) is 63.2 Å². The number of para-hydroxylation sites is 1. The summed E-state index contributed by atoms with van der Waals surface area (Å²) in [6, 6.07) is 16.7. The number of hydrogen-bond donors (Lipinski definition) is 2. The van der Waals surface area contributed by atoms with Crippen LogP contribution in [0.15, 0.2) is 65.5 Å². The molecule has 0 radical (unpaired) electrons. The van der Waals surface area contributed by atoms with E-state index in [0.717, 1.165) is 28.3 Å². The molecule has 0 aliphatic carbocycles. The van der Waals surface area contributed by atoms with Crippen LogP contribution in [0, 0.1) is 0 Å². The van der Waals surface area contributed by atoms with Crippen molar-refractivity contribution in [2.24, 2.45) is 0 Å². The smallest absolute Gasteiger partial charge is 0.140 e. The maximum absolute atomic E-state index is 4.94. The van der Waals surface area contributed by atoms with E-state index in [0.29, 0.717) is 0 Å². The molecular weight excluding hydrogens is 334 g/mol. The van der Waals surface area contributed by atoms with Gasteiger partial charge in [0, 0.05) is 22.7 Å². The summed E-state index contributed by atoms with van der Waals surface area (Å²) in [4.78, 5) is 14.2. The van der Waals surface area contributed by atoms with Crippen LogP contribution in [0.5, 0.6) is 0 Å². The lowest BCUT2D eigenvalue weighted by Gasteiger charge is -1.96. The minimum absolute atomic E-state index is 0.902. The second-order valence-electron chi connectivity index (χ2n) is 5.51. The van der Waals surface area contributed by atoms with Crippen molar-refractivity contribution >= 4 is 33.6 Å². The van der Waals surface area contributed by atoms with Crippen LogP contribution in [-0.2, 0) is 0 Å². The number of imidazole rings is 1. The average molecular weight is 347 g/mol. The topological polar surface area (TPSA) is 44.5 Å². The van der Waals surface area contributed by atoms with Gasteiger partial charge in [-0.25, -0.2) is 4.98 Å². The van der Waals surface area contributed by atoms with Crippen molar-refractivity contribution in [1.29, 1.82) is 0 Å². The van der Waals surface area contributed by atoms with Gasteiger partial charge in [-0.2, -0.15) is 0 Å². The van der Waals surface area contributed by atoms with Crippen molar-refractivity contribution in [3.63, 3.8) is 0 Å². The van der Waals surface area contributed by atoms with Crippen LogP contribution >= 0.6 is 22.7 Å². The minimum atomic E-state index is 0.902. The molecule has 3 nitrogen and oxygen atoms in total. The molecule has 0 amide bonds. The predicted octanol–water partition coefficient (Wildman–Crippen LogP) is 6.02. The molecule has 0 bridgehead atoms. The molecule has 0 spiro atoms. The standard InChI is InChI=1S/C19H13N3S2/c1-2-6-14-12(5-1)13(11-20-14)19-21-17(15-7-3-9-23-15)18(22-19)16-8-4-10-24-16/h1-11,20H,(H,21,22). The van der Waals surface area contributed by atoms with Crippen LogP contribution < -0.4 is 0 Å². The van der Waals surface area contributed by atoms with Gasteiger partial charge in [0.25, 0.3) is 0 Å². The second-order valence-corrected chi connectivity index (χ2v) is 7.41. The Kier molecular flexibility index (Phi) is 3.14. The van der Waals surface area contributed by atoms with Crippen molar-refractivity contribution in [2.75, 3.05) is 0 Å². The summed E-state index contributed by atoms with van der Waals surface area (Å²) < 4.78 is 0. The molecule has 0 atom stereocenters. The van der Waals surface area contributed by atoms with Gasteiger partial charge in [-0.15, -0.1) is 22.7 Å². The maximum Gasteiger partial charge on any atom is 0.140 e. The number of thiophene rings is 2. The van der Waals surface area contributed by atoms with Gasteiger partial charge in [0.2, 0.25) is 0 Å². The first kappa shape index (κ1) is 13.8. The quantitative estimate of drug-likeness (QED) is 0.412. The van der Waals surface area contributed by atoms with Crippen LogP contribution in [-0.4, -0.2) is 15.0 Å². The van der Waals surface area contributed by atoms with E-state index in [-0.39, 0.29) is 0 Å². The van der Waals surface area contributed by atoms with Crippen LogP contribution in [0.2, 0.25) is 0 Å². The fourth-order valence-electron chi connectivity index (χ4n) is 2.96. The van der Waals surface area contributed by atoms with E-state index >= 15 is 0 Å². The molecule has 5 aromatic rings. The Balaban J connectivity index is 1.75. The number of hydrogen-bond acceptors (Lipinski definition) is 3. The third-order valence-corrected chi connectivity index (χ3v) is 5.83. The van der Waals surface area contributed by atoms with E-state index in [4.69, 9.17) is 4.98 Å². The first-order chi connectivity index (χ1) is 11.9. The van der Waals surface area contributed by atoms with Gasteiger partial charge in [-0.3, -0.25) is 0 Å². The molecule has 5 rings (SSSR count). The van der Waals surface area contributed by atoms with Gasteiger partial charge in [0.05, 0.1) is 15.4 Å². The summed E-state index contributed by atoms with van der Waals surface area (Å²) in [5.74, 6) is 0.902. The average Bonchev–Trinajstić information content (AvgIpc) is 3.39. The number of H-pyrrole nitrogens is 2. The Morgan fingerprint density at radius 3 is 2.42 bits per heavy atom. The second kappa shape index (κ2) is 5.47. The molecule has 116 valence electrons. The van der Waals surface area contributed by atoms with E-state index in [9.17, 15) is 0 Å². The van der Waals surface area contributed by atoms with Crippen LogP contribution in [0.1, 0.15) is 0 Å². The van der Waals surface area contributed by atoms with Gasteiger partial charge in [0.15, 0.2) is 0 Å². The third-order valence-electron chi connectivity index (χ3n) is 4.07. The van der Waals surface area contributed by atoms with Crippen molar-refractivity contribution < 1.29 is 0 Å². The molecule has 0 aliphatic rings. The lowest BCUT2D eigenvalue weighted by molar-refractivity contribution is 1.32. The Labute approximate surface area is 146 Å². The van der Waals surface area contributed by atoms with E-state index < -0.39 is 0 Å². The van der Waals surface area contributed by atoms with Crippen molar-refractivity contribution in [3.05, 3.63) is 65.5 Å². The Bertz CT molecular complexity index is 1050. The molecule has 2 N–H and O–H groups in total. The number of rotatable bonds is 3. The molecule has 4 heterocycles. The SMILES string of the molecule is c1csc(-c2nc(-c3c[nH]c4ccccc34)[nH]c2-c2cccs2)c1. The minimum Gasteiger partial charge on any atom is -0.360 e. The summed E-state index contributed by atoms with van der Waals surface area (Å²) in [6.07, 6.45) is 2.03. The fraction of sp³-hybridized carbons (Fsp3) is 0. The van der Waals surface area contributed by atoms with Gasteiger partial charge >= 0.3 is 0 Å². The fourth-order valence-corrected chi connectivity index (χ4v) is 4.41. The zero-order chi connectivity index (χ0) is 15.9. The Hall–Kier alpha value is -2.63. The molecule has 0 aliphatic heterocycles. The van der Waals surface area contributed by atoms with E-state index in [1.165, 1.54) is 15.1 Å².